The standard InChI is InChI=1S/C15H23N7O/c1-16-9-13-11-22(19-18-13)10-12-4-7-21(8-5-12)15(23)14-3-6-17-20(14)2/h3,6,11-12,16H,4-5,7-10H2,1-2H3. The highest BCUT2D eigenvalue weighted by Gasteiger charge is 2.25. The molecule has 124 valence electrons. The highest BCUT2D eigenvalue weighted by molar-refractivity contribution is 5.92. The molecule has 0 saturated carbocycles. The Morgan fingerprint density at radius 3 is 2.83 bits per heavy atom. The van der Waals surface area contributed by atoms with Crippen LogP contribution < -0.4 is 5.32 Å². The highest BCUT2D eigenvalue weighted by Crippen LogP contribution is 2.20. The molecule has 1 aliphatic heterocycles. The van der Waals surface area contributed by atoms with Crippen molar-refractivity contribution in [2.45, 2.75) is 25.9 Å². The Hall–Kier alpha value is -2.22. The number of hydrogen-bond acceptors (Lipinski definition) is 5. The van der Waals surface area contributed by atoms with Gasteiger partial charge in [0.2, 0.25) is 0 Å². The third-order valence-corrected chi connectivity index (χ3v) is 4.33. The molecule has 2 aromatic heterocycles. The molecule has 3 heterocycles. The summed E-state index contributed by atoms with van der Waals surface area (Å²) in [6, 6.07) is 1.77. The molecule has 0 unspecified atom stereocenters. The predicted molar refractivity (Wildman–Crippen MR) is 84.6 cm³/mol. The Labute approximate surface area is 135 Å². The van der Waals surface area contributed by atoms with E-state index >= 15 is 0 Å². The van der Waals surface area contributed by atoms with Crippen LogP contribution in [0.4, 0.5) is 0 Å². The largest absolute Gasteiger partial charge is 0.337 e. The Balaban J connectivity index is 1.52. The van der Waals surface area contributed by atoms with Crippen LogP contribution in [-0.2, 0) is 20.1 Å². The number of rotatable bonds is 5. The first-order valence-corrected chi connectivity index (χ1v) is 7.98. The van der Waals surface area contributed by atoms with Gasteiger partial charge in [-0.1, -0.05) is 5.21 Å². The zero-order valence-electron chi connectivity index (χ0n) is 13.6. The molecule has 3 rings (SSSR count). The topological polar surface area (TPSA) is 80.9 Å². The summed E-state index contributed by atoms with van der Waals surface area (Å²) in [5.74, 6) is 0.607. The van der Waals surface area contributed by atoms with E-state index in [0.717, 1.165) is 44.7 Å². The van der Waals surface area contributed by atoms with Gasteiger partial charge in [-0.15, -0.1) is 5.10 Å². The van der Waals surface area contributed by atoms with Crippen LogP contribution >= 0.6 is 0 Å². The van der Waals surface area contributed by atoms with Gasteiger partial charge in [-0.3, -0.25) is 14.2 Å². The second-order valence-corrected chi connectivity index (χ2v) is 6.04. The molecule has 0 spiro atoms. The molecular formula is C15H23N7O. The van der Waals surface area contributed by atoms with Gasteiger partial charge in [0.05, 0.1) is 5.69 Å². The second-order valence-electron chi connectivity index (χ2n) is 6.04. The third-order valence-electron chi connectivity index (χ3n) is 4.33. The van der Waals surface area contributed by atoms with Gasteiger partial charge in [0, 0.05) is 45.6 Å². The fraction of sp³-hybridized carbons (Fsp3) is 0.600. The van der Waals surface area contributed by atoms with Gasteiger partial charge < -0.3 is 10.2 Å². The van der Waals surface area contributed by atoms with Gasteiger partial charge in [0.25, 0.3) is 5.91 Å². The molecule has 1 saturated heterocycles. The van der Waals surface area contributed by atoms with E-state index in [1.807, 2.05) is 22.8 Å². The molecule has 8 heteroatoms. The average molecular weight is 317 g/mol. The number of carbonyl (C=O) groups excluding carboxylic acids is 1. The molecule has 0 bridgehead atoms. The van der Waals surface area contributed by atoms with Gasteiger partial charge >= 0.3 is 0 Å². The molecule has 0 aliphatic carbocycles. The minimum atomic E-state index is 0.0699. The van der Waals surface area contributed by atoms with Crippen LogP contribution in [-0.4, -0.2) is 55.7 Å². The predicted octanol–water partition coefficient (Wildman–Crippen LogP) is 0.283. The molecule has 0 aromatic carbocycles. The molecule has 8 nitrogen and oxygen atoms in total. The maximum atomic E-state index is 12.5. The average Bonchev–Trinajstić information content (AvgIpc) is 3.17. The number of nitrogens with zero attached hydrogens (tertiary/aromatic N) is 6. The summed E-state index contributed by atoms with van der Waals surface area (Å²) in [7, 11) is 3.70. The smallest absolute Gasteiger partial charge is 0.272 e. The summed E-state index contributed by atoms with van der Waals surface area (Å²) >= 11 is 0. The maximum Gasteiger partial charge on any atom is 0.272 e. The first kappa shape index (κ1) is 15.7. The highest BCUT2D eigenvalue weighted by atomic mass is 16.2. The van der Waals surface area contributed by atoms with Crippen molar-refractivity contribution in [3.05, 3.63) is 29.8 Å². The van der Waals surface area contributed by atoms with Crippen molar-refractivity contribution in [1.29, 1.82) is 0 Å². The number of amides is 1. The number of carbonyl (C=O) groups is 1. The van der Waals surface area contributed by atoms with Crippen molar-refractivity contribution in [1.82, 2.24) is 35.0 Å². The van der Waals surface area contributed by atoms with E-state index in [4.69, 9.17) is 0 Å². The normalized spacial score (nSPS) is 16.0. The molecular weight excluding hydrogens is 294 g/mol. The number of aromatic nitrogens is 5. The molecule has 1 aliphatic rings. The zero-order chi connectivity index (χ0) is 16.2. The van der Waals surface area contributed by atoms with Crippen molar-refractivity contribution < 1.29 is 4.79 Å². The van der Waals surface area contributed by atoms with E-state index in [9.17, 15) is 4.79 Å². The number of aryl methyl sites for hydroxylation is 1. The molecule has 0 atom stereocenters. The summed E-state index contributed by atoms with van der Waals surface area (Å²) in [5.41, 5.74) is 1.60. The van der Waals surface area contributed by atoms with Crippen LogP contribution in [0.1, 0.15) is 29.0 Å². The Morgan fingerprint density at radius 2 is 2.17 bits per heavy atom. The molecule has 2 aromatic rings. The summed E-state index contributed by atoms with van der Waals surface area (Å²) in [4.78, 5) is 14.4. The van der Waals surface area contributed by atoms with Crippen LogP contribution in [0, 0.1) is 5.92 Å². The Kier molecular flexibility index (Phi) is 4.71. The first-order chi connectivity index (χ1) is 11.2. The van der Waals surface area contributed by atoms with Crippen LogP contribution in [0.15, 0.2) is 18.5 Å². The number of nitrogens with one attached hydrogen (secondary N) is 1. The van der Waals surface area contributed by atoms with E-state index in [1.165, 1.54) is 0 Å². The Bertz CT molecular complexity index is 654. The van der Waals surface area contributed by atoms with Crippen LogP contribution in [0.5, 0.6) is 0 Å². The van der Waals surface area contributed by atoms with E-state index in [2.05, 4.69) is 20.7 Å². The van der Waals surface area contributed by atoms with Crippen molar-refractivity contribution >= 4 is 5.91 Å². The zero-order valence-corrected chi connectivity index (χ0v) is 13.6. The van der Waals surface area contributed by atoms with Crippen molar-refractivity contribution in [2.24, 2.45) is 13.0 Å². The lowest BCUT2D eigenvalue weighted by Gasteiger charge is -2.31. The van der Waals surface area contributed by atoms with E-state index in [1.54, 1.807) is 24.0 Å². The minimum Gasteiger partial charge on any atom is -0.337 e. The summed E-state index contributed by atoms with van der Waals surface area (Å²) < 4.78 is 3.54. The lowest BCUT2D eigenvalue weighted by molar-refractivity contribution is 0.0670. The van der Waals surface area contributed by atoms with Crippen molar-refractivity contribution in [3.8, 4) is 0 Å². The van der Waals surface area contributed by atoms with Gasteiger partial charge in [-0.2, -0.15) is 5.10 Å². The molecule has 1 fully saturated rings. The van der Waals surface area contributed by atoms with Gasteiger partial charge in [-0.05, 0) is 31.9 Å². The fourth-order valence-electron chi connectivity index (χ4n) is 3.02. The van der Waals surface area contributed by atoms with Gasteiger partial charge in [0.15, 0.2) is 0 Å². The maximum absolute atomic E-state index is 12.5. The molecule has 1 amide bonds. The molecule has 23 heavy (non-hydrogen) atoms. The van der Waals surface area contributed by atoms with Crippen LogP contribution in [0.3, 0.4) is 0 Å². The summed E-state index contributed by atoms with van der Waals surface area (Å²) in [6.45, 7) is 3.17. The summed E-state index contributed by atoms with van der Waals surface area (Å²) in [6.07, 6.45) is 5.63. The summed E-state index contributed by atoms with van der Waals surface area (Å²) in [5, 5.41) is 15.4. The second kappa shape index (κ2) is 6.91. The van der Waals surface area contributed by atoms with E-state index in [-0.39, 0.29) is 5.91 Å². The van der Waals surface area contributed by atoms with Gasteiger partial charge in [0.1, 0.15) is 5.69 Å². The van der Waals surface area contributed by atoms with Crippen LogP contribution in [0.2, 0.25) is 0 Å². The monoisotopic (exact) mass is 317 g/mol. The van der Waals surface area contributed by atoms with Gasteiger partial charge in [-0.25, -0.2) is 0 Å². The molecule has 1 N–H and O–H groups in total. The number of hydrogen-bond donors (Lipinski definition) is 1. The third kappa shape index (κ3) is 3.58. The Morgan fingerprint density at radius 1 is 1.39 bits per heavy atom. The quantitative estimate of drug-likeness (QED) is 0.857. The van der Waals surface area contributed by atoms with Crippen molar-refractivity contribution in [3.63, 3.8) is 0 Å². The van der Waals surface area contributed by atoms with E-state index in [0.29, 0.717) is 11.6 Å². The lowest BCUT2D eigenvalue weighted by atomic mass is 9.96. The molecule has 0 radical (unpaired) electrons. The van der Waals surface area contributed by atoms with Crippen molar-refractivity contribution in [2.75, 3.05) is 20.1 Å². The SMILES string of the molecule is CNCc1cn(CC2CCN(C(=O)c3ccnn3C)CC2)nn1. The number of likely N-dealkylation sites (tertiary alicyclic amines) is 1. The first-order valence-electron chi connectivity index (χ1n) is 7.98. The number of piperidine rings is 1. The fourth-order valence-corrected chi connectivity index (χ4v) is 3.02. The lowest BCUT2D eigenvalue weighted by Crippen LogP contribution is -2.40. The van der Waals surface area contributed by atoms with Crippen LogP contribution in [0.25, 0.3) is 0 Å². The minimum absolute atomic E-state index is 0.0699. The van der Waals surface area contributed by atoms with E-state index < -0.39 is 0 Å².